The number of anilines is 1. The number of hydrogen-bond donors (Lipinski definition) is 3. The van der Waals surface area contributed by atoms with Crippen molar-refractivity contribution in [1.29, 1.82) is 0 Å². The minimum absolute atomic E-state index is 0.165. The summed E-state index contributed by atoms with van der Waals surface area (Å²) in [6, 6.07) is 15.0. The summed E-state index contributed by atoms with van der Waals surface area (Å²) in [6.07, 6.45) is 0.880. The van der Waals surface area contributed by atoms with Gasteiger partial charge in [-0.05, 0) is 42.4 Å². The molecule has 0 saturated carbocycles. The van der Waals surface area contributed by atoms with Gasteiger partial charge >= 0.3 is 0 Å². The van der Waals surface area contributed by atoms with Crippen LogP contribution in [0.3, 0.4) is 0 Å². The van der Waals surface area contributed by atoms with Crippen LogP contribution in [-0.2, 0) is 11.2 Å². The van der Waals surface area contributed by atoms with Crippen LogP contribution in [0.1, 0.15) is 12.5 Å². The molecular formula is C18H21N3O3S. The van der Waals surface area contributed by atoms with Gasteiger partial charge in [0, 0.05) is 5.69 Å². The van der Waals surface area contributed by atoms with E-state index < -0.39 is 0 Å². The third kappa shape index (κ3) is 5.65. The van der Waals surface area contributed by atoms with Crippen LogP contribution in [0.15, 0.2) is 48.5 Å². The Balaban J connectivity index is 1.78. The van der Waals surface area contributed by atoms with E-state index in [4.69, 9.17) is 21.7 Å². The third-order valence-corrected chi connectivity index (χ3v) is 3.59. The summed E-state index contributed by atoms with van der Waals surface area (Å²) in [5.74, 6) is 0.702. The Bertz CT molecular complexity index is 737. The molecule has 7 heteroatoms. The number of methoxy groups -OCH3 is 1. The molecule has 3 N–H and O–H groups in total. The zero-order valence-electron chi connectivity index (χ0n) is 14.2. The molecule has 0 atom stereocenters. The van der Waals surface area contributed by atoms with E-state index in [1.54, 1.807) is 25.3 Å². The molecular weight excluding hydrogens is 338 g/mol. The summed E-state index contributed by atoms with van der Waals surface area (Å²) < 4.78 is 10.6. The smallest absolute Gasteiger partial charge is 0.276 e. The van der Waals surface area contributed by atoms with Crippen molar-refractivity contribution in [3.05, 3.63) is 54.1 Å². The van der Waals surface area contributed by atoms with Gasteiger partial charge in [-0.1, -0.05) is 37.3 Å². The molecule has 2 rings (SSSR count). The lowest BCUT2D eigenvalue weighted by molar-refractivity contribution is -0.123. The molecule has 25 heavy (non-hydrogen) atoms. The largest absolute Gasteiger partial charge is 0.493 e. The average molecular weight is 359 g/mol. The van der Waals surface area contributed by atoms with Gasteiger partial charge in [-0.25, -0.2) is 0 Å². The van der Waals surface area contributed by atoms with Gasteiger partial charge in [-0.3, -0.25) is 15.6 Å². The van der Waals surface area contributed by atoms with Gasteiger partial charge in [0.1, 0.15) is 0 Å². The number of ether oxygens (including phenoxy) is 2. The summed E-state index contributed by atoms with van der Waals surface area (Å²) in [7, 11) is 1.54. The summed E-state index contributed by atoms with van der Waals surface area (Å²) in [5, 5.41) is 3.35. The molecule has 0 fully saturated rings. The maximum atomic E-state index is 11.9. The van der Waals surface area contributed by atoms with Crippen molar-refractivity contribution in [3.8, 4) is 11.5 Å². The molecule has 2 aromatic rings. The van der Waals surface area contributed by atoms with Gasteiger partial charge in [-0.2, -0.15) is 0 Å². The van der Waals surface area contributed by atoms with Crippen LogP contribution in [0.5, 0.6) is 11.5 Å². The zero-order valence-corrected chi connectivity index (χ0v) is 15.0. The van der Waals surface area contributed by atoms with Crippen molar-refractivity contribution in [2.45, 2.75) is 13.3 Å². The Labute approximate surface area is 152 Å². The van der Waals surface area contributed by atoms with Crippen molar-refractivity contribution in [2.24, 2.45) is 0 Å². The van der Waals surface area contributed by atoms with E-state index in [9.17, 15) is 4.79 Å². The van der Waals surface area contributed by atoms with Crippen molar-refractivity contribution < 1.29 is 14.3 Å². The summed E-state index contributed by atoms with van der Waals surface area (Å²) in [4.78, 5) is 11.9. The number of amides is 1. The zero-order chi connectivity index (χ0) is 18.1. The van der Waals surface area contributed by atoms with Gasteiger partial charge in [0.15, 0.2) is 23.2 Å². The SMILES string of the molecule is CCc1ccccc1NC(=S)NNC(=O)COc1ccccc1OC. The molecule has 0 heterocycles. The van der Waals surface area contributed by atoms with Gasteiger partial charge in [0.25, 0.3) is 5.91 Å². The fraction of sp³-hybridized carbons (Fsp3) is 0.222. The van der Waals surface area contributed by atoms with E-state index in [-0.39, 0.29) is 12.5 Å². The molecule has 0 unspecified atom stereocenters. The Morgan fingerprint density at radius 2 is 1.72 bits per heavy atom. The van der Waals surface area contributed by atoms with Gasteiger partial charge in [-0.15, -0.1) is 0 Å². The highest BCUT2D eigenvalue weighted by Crippen LogP contribution is 2.25. The molecule has 0 bridgehead atoms. The number of rotatable bonds is 6. The standard InChI is InChI=1S/C18H21N3O3S/c1-3-13-8-4-5-9-14(13)19-18(25)21-20-17(22)12-24-16-11-7-6-10-15(16)23-2/h4-11H,3,12H2,1-2H3,(H,20,22)(H2,19,21,25). The van der Waals surface area contributed by atoms with Crippen molar-refractivity contribution in [3.63, 3.8) is 0 Å². The highest BCUT2D eigenvalue weighted by atomic mass is 32.1. The van der Waals surface area contributed by atoms with E-state index in [0.717, 1.165) is 17.7 Å². The molecule has 1 amide bonds. The van der Waals surface area contributed by atoms with Crippen LogP contribution in [0.25, 0.3) is 0 Å². The highest BCUT2D eigenvalue weighted by Gasteiger charge is 2.07. The number of thiocarbonyl (C=S) groups is 1. The number of aryl methyl sites for hydroxylation is 1. The normalized spacial score (nSPS) is 9.84. The van der Waals surface area contributed by atoms with E-state index in [2.05, 4.69) is 23.1 Å². The lowest BCUT2D eigenvalue weighted by Gasteiger charge is -2.14. The predicted octanol–water partition coefficient (Wildman–Crippen LogP) is 2.65. The average Bonchev–Trinajstić information content (AvgIpc) is 2.65. The van der Waals surface area contributed by atoms with Crippen LogP contribution < -0.4 is 25.6 Å². The van der Waals surface area contributed by atoms with E-state index >= 15 is 0 Å². The first-order chi connectivity index (χ1) is 12.1. The molecule has 0 aromatic heterocycles. The summed E-state index contributed by atoms with van der Waals surface area (Å²) >= 11 is 5.18. The van der Waals surface area contributed by atoms with Gasteiger partial charge < -0.3 is 14.8 Å². The molecule has 6 nitrogen and oxygen atoms in total. The second-order valence-corrected chi connectivity index (χ2v) is 5.49. The Morgan fingerprint density at radius 3 is 2.44 bits per heavy atom. The molecule has 0 aliphatic rings. The maximum absolute atomic E-state index is 11.9. The van der Waals surface area contributed by atoms with Crippen LogP contribution >= 0.6 is 12.2 Å². The first-order valence-electron chi connectivity index (χ1n) is 7.83. The van der Waals surface area contributed by atoms with E-state index in [1.807, 2.05) is 30.3 Å². The minimum Gasteiger partial charge on any atom is -0.493 e. The fourth-order valence-corrected chi connectivity index (χ4v) is 2.31. The van der Waals surface area contributed by atoms with Crippen LogP contribution in [0.4, 0.5) is 5.69 Å². The third-order valence-electron chi connectivity index (χ3n) is 3.39. The van der Waals surface area contributed by atoms with Gasteiger partial charge in [0.2, 0.25) is 0 Å². The fourth-order valence-electron chi connectivity index (χ4n) is 2.15. The topological polar surface area (TPSA) is 71.6 Å². The Kier molecular flexibility index (Phi) is 7.03. The molecule has 0 aliphatic carbocycles. The Morgan fingerprint density at radius 1 is 1.04 bits per heavy atom. The van der Waals surface area contributed by atoms with Crippen molar-refractivity contribution in [2.75, 3.05) is 19.0 Å². The van der Waals surface area contributed by atoms with E-state index in [0.29, 0.717) is 16.6 Å². The number of carbonyl (C=O) groups is 1. The molecule has 0 saturated heterocycles. The Hall–Kier alpha value is -2.80. The second kappa shape index (κ2) is 9.48. The van der Waals surface area contributed by atoms with E-state index in [1.165, 1.54) is 0 Å². The maximum Gasteiger partial charge on any atom is 0.276 e. The number of benzene rings is 2. The minimum atomic E-state index is -0.362. The lowest BCUT2D eigenvalue weighted by Crippen LogP contribution is -2.45. The lowest BCUT2D eigenvalue weighted by atomic mass is 10.1. The van der Waals surface area contributed by atoms with Crippen molar-refractivity contribution in [1.82, 2.24) is 10.9 Å². The van der Waals surface area contributed by atoms with Gasteiger partial charge in [0.05, 0.1) is 7.11 Å². The highest BCUT2D eigenvalue weighted by molar-refractivity contribution is 7.80. The molecule has 0 aliphatic heterocycles. The molecule has 2 aromatic carbocycles. The number of carbonyl (C=O) groups excluding carboxylic acids is 1. The monoisotopic (exact) mass is 359 g/mol. The molecule has 0 spiro atoms. The predicted molar refractivity (Wildman–Crippen MR) is 102 cm³/mol. The number of para-hydroxylation sites is 3. The van der Waals surface area contributed by atoms with Crippen LogP contribution in [-0.4, -0.2) is 24.7 Å². The first-order valence-corrected chi connectivity index (χ1v) is 8.24. The molecule has 132 valence electrons. The summed E-state index contributed by atoms with van der Waals surface area (Å²) in [6.45, 7) is 1.90. The quantitative estimate of drug-likeness (QED) is 0.544. The van der Waals surface area contributed by atoms with Crippen molar-refractivity contribution >= 4 is 28.9 Å². The van der Waals surface area contributed by atoms with Crippen LogP contribution in [0.2, 0.25) is 0 Å². The van der Waals surface area contributed by atoms with Crippen LogP contribution in [0, 0.1) is 0 Å². The number of nitrogens with one attached hydrogen (secondary N) is 3. The number of hydrogen-bond acceptors (Lipinski definition) is 4. The number of hydrazine groups is 1. The summed E-state index contributed by atoms with van der Waals surface area (Å²) in [5.41, 5.74) is 7.19. The second-order valence-electron chi connectivity index (χ2n) is 5.08. The first kappa shape index (κ1) is 18.5. The molecule has 0 radical (unpaired) electrons.